The van der Waals surface area contributed by atoms with Crippen molar-refractivity contribution in [3.63, 3.8) is 0 Å². The summed E-state index contributed by atoms with van der Waals surface area (Å²) in [6.07, 6.45) is -0.487. The lowest BCUT2D eigenvalue weighted by Gasteiger charge is -2.17. The molecule has 0 bridgehead atoms. The molecule has 0 fully saturated rings. The molecule has 304 valence electrons. The number of azo groups is 1. The fraction of sp³-hybridized carbons (Fsp3) is 0.219. The lowest BCUT2D eigenvalue weighted by Crippen LogP contribution is -2.15. The van der Waals surface area contributed by atoms with Crippen LogP contribution in [0.3, 0.4) is 0 Å². The number of nitrogens with one attached hydrogen (secondary N) is 2. The van der Waals surface area contributed by atoms with Gasteiger partial charge in [0.25, 0.3) is 20.2 Å². The molecule has 0 saturated carbocycles. The Labute approximate surface area is 327 Å². The van der Waals surface area contributed by atoms with Gasteiger partial charge in [0, 0.05) is 5.39 Å². The van der Waals surface area contributed by atoms with Gasteiger partial charge in [0.2, 0.25) is 31.9 Å². The summed E-state index contributed by atoms with van der Waals surface area (Å²) in [6, 6.07) is 13.2. The Hall–Kier alpha value is -5.41. The predicted molar refractivity (Wildman–Crippen MR) is 205 cm³/mol. The number of sulfonamides is 2. The average Bonchev–Trinajstić information content (AvgIpc) is 3.10. The summed E-state index contributed by atoms with van der Waals surface area (Å²) in [4.78, 5) is 10.8. The summed E-state index contributed by atoms with van der Waals surface area (Å²) >= 11 is 0. The van der Waals surface area contributed by atoms with E-state index in [-0.39, 0.29) is 68.7 Å². The first-order chi connectivity index (χ1) is 26.6. The largest absolute Gasteiger partial charge is 0.505 e. The Morgan fingerprint density at radius 2 is 1.33 bits per heavy atom. The third kappa shape index (κ3) is 10.1. The Morgan fingerprint density at radius 3 is 1.95 bits per heavy atom. The fourth-order valence-electron chi connectivity index (χ4n) is 5.05. The van der Waals surface area contributed by atoms with E-state index in [4.69, 9.17) is 23.4 Å². The average molecular weight is 866 g/mol. The topological polar surface area (TPSA) is 324 Å². The van der Waals surface area contributed by atoms with Crippen molar-refractivity contribution in [2.75, 3.05) is 23.8 Å². The Kier molecular flexibility index (Phi) is 12.4. The summed E-state index contributed by atoms with van der Waals surface area (Å²) in [5.74, 6) is -1.49. The monoisotopic (exact) mass is 865 g/mol. The molecule has 0 amide bonds. The van der Waals surface area contributed by atoms with Gasteiger partial charge in [-0.05, 0) is 81.6 Å². The smallest absolute Gasteiger partial charge is 0.323 e. The Bertz CT molecular complexity index is 2840. The van der Waals surface area contributed by atoms with Crippen LogP contribution in [0, 0.1) is 0 Å². The molecular weight excluding hydrogens is 831 g/mol. The molecule has 0 spiro atoms. The van der Waals surface area contributed by atoms with Gasteiger partial charge in [-0.1, -0.05) is 18.2 Å². The first kappa shape index (κ1) is 42.7. The summed E-state index contributed by atoms with van der Waals surface area (Å²) in [7, 11) is -17.6. The highest BCUT2D eigenvalue weighted by Crippen LogP contribution is 2.46. The normalized spacial score (nSPS) is 12.7. The van der Waals surface area contributed by atoms with Crippen LogP contribution in [-0.2, 0) is 48.6 Å². The van der Waals surface area contributed by atoms with E-state index < -0.39 is 67.6 Å². The lowest BCUT2D eigenvalue weighted by atomic mass is 10.1. The van der Waals surface area contributed by atoms with Crippen molar-refractivity contribution in [3.05, 3.63) is 66.7 Å². The minimum atomic E-state index is -4.73. The zero-order valence-electron chi connectivity index (χ0n) is 30.3. The van der Waals surface area contributed by atoms with E-state index in [0.29, 0.717) is 0 Å². The third-order valence-corrected chi connectivity index (χ3v) is 11.9. The van der Waals surface area contributed by atoms with Crippen LogP contribution in [0.5, 0.6) is 11.8 Å². The molecule has 0 aliphatic heterocycles. The molecule has 4 aromatic carbocycles. The molecule has 7 N–H and O–H groups in total. The third-order valence-electron chi connectivity index (χ3n) is 7.28. The van der Waals surface area contributed by atoms with Gasteiger partial charge in [-0.2, -0.15) is 36.9 Å². The molecule has 1 heterocycles. The molecule has 1 aromatic heterocycles. The van der Waals surface area contributed by atoms with Crippen LogP contribution in [0.4, 0.5) is 34.6 Å². The number of phenolic OH excluding ortho intramolecular Hbond substituents is 1. The van der Waals surface area contributed by atoms with E-state index in [1.807, 2.05) is 0 Å². The van der Waals surface area contributed by atoms with Crippen LogP contribution >= 0.6 is 0 Å². The number of benzene rings is 4. The molecule has 25 heteroatoms. The molecule has 0 atom stereocenters. The van der Waals surface area contributed by atoms with Gasteiger partial charge in [0.15, 0.2) is 5.75 Å². The van der Waals surface area contributed by atoms with Crippen LogP contribution in [0.25, 0.3) is 10.8 Å². The van der Waals surface area contributed by atoms with Gasteiger partial charge in [0.1, 0.15) is 15.5 Å². The first-order valence-corrected chi connectivity index (χ1v) is 22.3. The SMILES string of the molecule is CCOS(=O)(=O)c1cc(Nc2nc(Nc3ccccc3S(N)(=O)=O)nc(OC(C)C)n2)c2c(O)c(N=Nc3cccc(S(N)(=O)=O)c3)c(S(=O)(=O)OCC)cc2c1. The van der Waals surface area contributed by atoms with E-state index in [1.54, 1.807) is 13.8 Å². The van der Waals surface area contributed by atoms with Crippen molar-refractivity contribution >= 4 is 85.7 Å². The van der Waals surface area contributed by atoms with Gasteiger partial charge in [-0.25, -0.2) is 27.1 Å². The predicted octanol–water partition coefficient (Wildman–Crippen LogP) is 4.17. The zero-order valence-corrected chi connectivity index (χ0v) is 33.6. The minimum Gasteiger partial charge on any atom is -0.505 e. The molecule has 0 aliphatic rings. The van der Waals surface area contributed by atoms with Gasteiger partial charge in [0.05, 0.1) is 46.2 Å². The highest BCUT2D eigenvalue weighted by molar-refractivity contribution is 7.89. The number of para-hydroxylation sites is 1. The molecule has 0 aliphatic carbocycles. The minimum absolute atomic E-state index is 0.0202. The van der Waals surface area contributed by atoms with Gasteiger partial charge in [-0.3, -0.25) is 8.37 Å². The second-order valence-corrected chi connectivity index (χ2v) is 18.1. The number of ether oxygens (including phenoxy) is 1. The van der Waals surface area contributed by atoms with Gasteiger partial charge in [-0.15, -0.1) is 5.11 Å². The zero-order chi connectivity index (χ0) is 41.9. The maximum absolute atomic E-state index is 13.4. The van der Waals surface area contributed by atoms with Crippen molar-refractivity contribution in [3.8, 4) is 11.8 Å². The first-order valence-electron chi connectivity index (χ1n) is 16.4. The van der Waals surface area contributed by atoms with Crippen LogP contribution in [0.1, 0.15) is 27.7 Å². The molecule has 57 heavy (non-hydrogen) atoms. The quantitative estimate of drug-likeness (QED) is 0.0686. The summed E-state index contributed by atoms with van der Waals surface area (Å²) in [5, 5.41) is 35.5. The number of nitrogens with zero attached hydrogens (tertiary/aromatic N) is 5. The number of hydrogen-bond acceptors (Lipinski definition) is 19. The maximum atomic E-state index is 13.4. The molecule has 0 radical (unpaired) electrons. The van der Waals surface area contributed by atoms with Crippen LogP contribution in [0.15, 0.2) is 96.5 Å². The molecule has 21 nitrogen and oxygen atoms in total. The molecular formula is C32H35N9O12S4. The van der Waals surface area contributed by atoms with Crippen molar-refractivity contribution in [2.24, 2.45) is 20.5 Å². The number of hydrogen-bond donors (Lipinski definition) is 5. The fourth-order valence-corrected chi connectivity index (χ4v) is 8.36. The van der Waals surface area contributed by atoms with Crippen molar-refractivity contribution < 1.29 is 51.9 Å². The second kappa shape index (κ2) is 16.6. The molecule has 5 rings (SSSR count). The maximum Gasteiger partial charge on any atom is 0.323 e. The van der Waals surface area contributed by atoms with Gasteiger partial charge < -0.3 is 20.5 Å². The molecule has 0 unspecified atom stereocenters. The number of rotatable bonds is 16. The van der Waals surface area contributed by atoms with Gasteiger partial charge >= 0.3 is 6.01 Å². The number of anilines is 4. The number of aromatic nitrogens is 3. The lowest BCUT2D eigenvalue weighted by molar-refractivity contribution is 0.222. The van der Waals surface area contributed by atoms with E-state index in [1.165, 1.54) is 56.3 Å². The summed E-state index contributed by atoms with van der Waals surface area (Å²) in [5.41, 5.74) is -1.08. The van der Waals surface area contributed by atoms with Crippen molar-refractivity contribution in [1.82, 2.24) is 15.0 Å². The molecule has 0 saturated heterocycles. The Morgan fingerprint density at radius 1 is 0.702 bits per heavy atom. The summed E-state index contributed by atoms with van der Waals surface area (Å²) < 4.78 is 117. The van der Waals surface area contributed by atoms with Crippen molar-refractivity contribution in [2.45, 2.75) is 53.4 Å². The van der Waals surface area contributed by atoms with E-state index in [2.05, 4.69) is 35.8 Å². The highest BCUT2D eigenvalue weighted by Gasteiger charge is 2.28. The number of fused-ring (bicyclic) bond motifs is 1. The van der Waals surface area contributed by atoms with Crippen LogP contribution in [-0.4, -0.2) is 73.0 Å². The molecule has 5 aromatic rings. The number of phenols is 1. The van der Waals surface area contributed by atoms with E-state index in [0.717, 1.165) is 24.3 Å². The number of primary sulfonamides is 2. The number of aromatic hydroxyl groups is 1. The number of nitrogens with two attached hydrogens (primary N) is 2. The van der Waals surface area contributed by atoms with Crippen LogP contribution < -0.4 is 25.6 Å². The van der Waals surface area contributed by atoms with E-state index in [9.17, 15) is 38.8 Å². The van der Waals surface area contributed by atoms with Crippen LogP contribution in [0.2, 0.25) is 0 Å². The van der Waals surface area contributed by atoms with Crippen molar-refractivity contribution in [1.29, 1.82) is 0 Å². The summed E-state index contributed by atoms with van der Waals surface area (Å²) in [6.45, 7) is 5.53. The Balaban J connectivity index is 1.78. The highest BCUT2D eigenvalue weighted by atomic mass is 32.2. The standard InChI is InChI=1S/C32H35N9O12S4/c1-5-51-56(47,48)22-14-19-15-26(57(49,50)52-6-2)28(41-40-20-10-9-11-21(16-20)54(33,43)44)29(42)27(19)24(17-22)36-31-37-30(38-32(39-31)53-18(3)4)35-23-12-7-8-13-25(23)55(34,45)46/h7-18,42H,5-6H2,1-4H3,(H2,33,43,44)(H2,34,45,46)(H2,35,36,37,38,39). The second-order valence-electron chi connectivity index (χ2n) is 11.8. The van der Waals surface area contributed by atoms with E-state index >= 15 is 0 Å².